The second-order valence-electron chi connectivity index (χ2n) is 5.93. The first-order valence-corrected chi connectivity index (χ1v) is 8.26. The molecule has 0 aliphatic heterocycles. The number of methoxy groups -OCH3 is 1. The van der Waals surface area contributed by atoms with Crippen LogP contribution in [0.4, 0.5) is 5.95 Å². The monoisotopic (exact) mass is 375 g/mol. The summed E-state index contributed by atoms with van der Waals surface area (Å²) < 4.78 is 13.4. The van der Waals surface area contributed by atoms with Crippen molar-refractivity contribution in [3.63, 3.8) is 0 Å². The highest BCUT2D eigenvalue weighted by atomic mass is 16.5. The SMILES string of the molecule is CNc1nc2c(c(=O)[nH]c(=O)n2C)n1C[C@H](O)COc1ccc(OC)cc1. The molecule has 3 aromatic rings. The van der Waals surface area contributed by atoms with E-state index in [0.29, 0.717) is 17.4 Å². The van der Waals surface area contributed by atoms with Crippen LogP contribution in [0.3, 0.4) is 0 Å². The van der Waals surface area contributed by atoms with Crippen molar-refractivity contribution in [2.75, 3.05) is 26.1 Å². The van der Waals surface area contributed by atoms with Crippen LogP contribution in [0.1, 0.15) is 0 Å². The minimum absolute atomic E-state index is 0.0127. The lowest BCUT2D eigenvalue weighted by molar-refractivity contribution is 0.0938. The number of aryl methyl sites for hydroxylation is 1. The third-order valence-corrected chi connectivity index (χ3v) is 4.13. The summed E-state index contributed by atoms with van der Waals surface area (Å²) in [4.78, 5) is 30.5. The molecule has 0 aliphatic carbocycles. The summed E-state index contributed by atoms with van der Waals surface area (Å²) >= 11 is 0. The zero-order chi connectivity index (χ0) is 19.6. The smallest absolute Gasteiger partial charge is 0.329 e. The molecule has 0 aliphatic rings. The quantitative estimate of drug-likeness (QED) is 0.527. The predicted octanol–water partition coefficient (Wildman–Crippen LogP) is -0.0865. The Balaban J connectivity index is 1.81. The van der Waals surface area contributed by atoms with Crippen molar-refractivity contribution in [2.45, 2.75) is 12.6 Å². The van der Waals surface area contributed by atoms with Gasteiger partial charge in [0.05, 0.1) is 13.7 Å². The van der Waals surface area contributed by atoms with E-state index in [2.05, 4.69) is 15.3 Å². The molecule has 27 heavy (non-hydrogen) atoms. The van der Waals surface area contributed by atoms with Crippen LogP contribution < -0.4 is 26.0 Å². The van der Waals surface area contributed by atoms with E-state index in [0.717, 1.165) is 0 Å². The van der Waals surface area contributed by atoms with Gasteiger partial charge in [0.15, 0.2) is 11.2 Å². The lowest BCUT2D eigenvalue weighted by Crippen LogP contribution is -2.30. The molecule has 1 aromatic carbocycles. The number of hydrogen-bond donors (Lipinski definition) is 3. The van der Waals surface area contributed by atoms with E-state index >= 15 is 0 Å². The van der Waals surface area contributed by atoms with Crippen molar-refractivity contribution in [1.82, 2.24) is 19.1 Å². The first-order valence-electron chi connectivity index (χ1n) is 8.26. The Labute approximate surface area is 154 Å². The molecule has 10 heteroatoms. The summed E-state index contributed by atoms with van der Waals surface area (Å²) in [6.45, 7) is 0.0724. The number of H-pyrrole nitrogens is 1. The standard InChI is InChI=1S/C17H21N5O5/c1-18-16-19-14-13(15(24)20-17(25)21(14)2)22(16)8-10(23)9-27-12-6-4-11(26-3)5-7-12/h4-7,10,23H,8-9H2,1-3H3,(H,18,19)(H,20,24,25)/t10-/m0/s1. The molecular formula is C17H21N5O5. The summed E-state index contributed by atoms with van der Waals surface area (Å²) in [5.41, 5.74) is -0.685. The van der Waals surface area contributed by atoms with Crippen LogP contribution >= 0.6 is 0 Å². The van der Waals surface area contributed by atoms with E-state index in [1.54, 1.807) is 38.4 Å². The van der Waals surface area contributed by atoms with E-state index in [-0.39, 0.29) is 24.3 Å². The Morgan fingerprint density at radius 3 is 2.56 bits per heavy atom. The summed E-state index contributed by atoms with van der Waals surface area (Å²) in [5, 5.41) is 13.2. The average Bonchev–Trinajstić information content (AvgIpc) is 3.04. The van der Waals surface area contributed by atoms with Crippen molar-refractivity contribution in [3.8, 4) is 11.5 Å². The van der Waals surface area contributed by atoms with Gasteiger partial charge in [-0.25, -0.2) is 4.79 Å². The zero-order valence-electron chi connectivity index (χ0n) is 15.2. The third kappa shape index (κ3) is 3.65. The first-order chi connectivity index (χ1) is 12.9. The molecule has 0 amide bonds. The minimum Gasteiger partial charge on any atom is -0.497 e. The molecule has 0 saturated carbocycles. The predicted molar refractivity (Wildman–Crippen MR) is 99.6 cm³/mol. The van der Waals surface area contributed by atoms with Gasteiger partial charge in [0.1, 0.15) is 24.2 Å². The van der Waals surface area contributed by atoms with Gasteiger partial charge in [0.25, 0.3) is 5.56 Å². The minimum atomic E-state index is -0.909. The number of imidazole rings is 1. The van der Waals surface area contributed by atoms with Crippen LogP contribution in [-0.4, -0.2) is 51.1 Å². The number of benzene rings is 1. The number of nitrogens with zero attached hydrogens (tertiary/aromatic N) is 3. The Morgan fingerprint density at radius 2 is 1.93 bits per heavy atom. The number of aliphatic hydroxyl groups is 1. The van der Waals surface area contributed by atoms with Gasteiger partial charge in [-0.05, 0) is 24.3 Å². The van der Waals surface area contributed by atoms with Gasteiger partial charge in [-0.2, -0.15) is 4.98 Å². The van der Waals surface area contributed by atoms with Crippen molar-refractivity contribution >= 4 is 17.1 Å². The molecule has 2 aromatic heterocycles. The highest BCUT2D eigenvalue weighted by Gasteiger charge is 2.19. The van der Waals surface area contributed by atoms with E-state index < -0.39 is 17.4 Å². The normalized spacial score (nSPS) is 12.1. The second kappa shape index (κ2) is 7.54. The molecule has 0 fully saturated rings. The van der Waals surface area contributed by atoms with Gasteiger partial charge >= 0.3 is 5.69 Å². The van der Waals surface area contributed by atoms with Gasteiger partial charge in [-0.15, -0.1) is 0 Å². The number of fused-ring (bicyclic) bond motifs is 1. The lowest BCUT2D eigenvalue weighted by Gasteiger charge is -2.15. The fourth-order valence-electron chi connectivity index (χ4n) is 2.73. The summed E-state index contributed by atoms with van der Waals surface area (Å²) in [5.74, 6) is 1.65. The summed E-state index contributed by atoms with van der Waals surface area (Å²) in [7, 11) is 4.73. The molecule has 0 saturated heterocycles. The molecule has 3 N–H and O–H groups in total. The van der Waals surface area contributed by atoms with Gasteiger partial charge in [-0.3, -0.25) is 14.3 Å². The van der Waals surface area contributed by atoms with Crippen molar-refractivity contribution in [1.29, 1.82) is 0 Å². The van der Waals surface area contributed by atoms with E-state index in [4.69, 9.17) is 9.47 Å². The average molecular weight is 375 g/mol. The first kappa shape index (κ1) is 18.5. The maximum absolute atomic E-state index is 12.2. The molecule has 0 unspecified atom stereocenters. The van der Waals surface area contributed by atoms with Gasteiger partial charge in [0.2, 0.25) is 5.95 Å². The van der Waals surface area contributed by atoms with Crippen LogP contribution in [-0.2, 0) is 13.6 Å². The van der Waals surface area contributed by atoms with Crippen LogP contribution in [0.5, 0.6) is 11.5 Å². The van der Waals surface area contributed by atoms with Crippen molar-refractivity contribution in [2.24, 2.45) is 7.05 Å². The molecule has 0 bridgehead atoms. The molecule has 144 valence electrons. The van der Waals surface area contributed by atoms with E-state index in [1.165, 1.54) is 16.2 Å². The Kier molecular flexibility index (Phi) is 5.17. The van der Waals surface area contributed by atoms with Gasteiger partial charge in [0, 0.05) is 14.1 Å². The number of ether oxygens (including phenoxy) is 2. The molecule has 2 heterocycles. The molecule has 0 radical (unpaired) electrons. The van der Waals surface area contributed by atoms with Crippen LogP contribution in [0.25, 0.3) is 11.2 Å². The maximum Gasteiger partial charge on any atom is 0.329 e. The van der Waals surface area contributed by atoms with E-state index in [1.807, 2.05) is 0 Å². The van der Waals surface area contributed by atoms with Gasteiger partial charge in [-0.1, -0.05) is 0 Å². The highest BCUT2D eigenvalue weighted by Crippen LogP contribution is 2.18. The number of rotatable bonds is 7. The summed E-state index contributed by atoms with van der Waals surface area (Å²) in [6, 6.07) is 6.98. The molecule has 0 spiro atoms. The molecule has 10 nitrogen and oxygen atoms in total. The van der Waals surface area contributed by atoms with Crippen LogP contribution in [0.15, 0.2) is 33.9 Å². The van der Waals surface area contributed by atoms with Crippen LogP contribution in [0.2, 0.25) is 0 Å². The number of hydrogen-bond acceptors (Lipinski definition) is 7. The van der Waals surface area contributed by atoms with Crippen molar-refractivity contribution in [3.05, 3.63) is 45.1 Å². The number of nitrogens with one attached hydrogen (secondary N) is 2. The number of aromatic nitrogens is 4. The largest absolute Gasteiger partial charge is 0.497 e. The van der Waals surface area contributed by atoms with Crippen molar-refractivity contribution < 1.29 is 14.6 Å². The van der Waals surface area contributed by atoms with E-state index in [9.17, 15) is 14.7 Å². The third-order valence-electron chi connectivity index (χ3n) is 4.13. The fraction of sp³-hybridized carbons (Fsp3) is 0.353. The maximum atomic E-state index is 12.2. The Bertz CT molecular complexity index is 1050. The number of aromatic amines is 1. The fourth-order valence-corrected chi connectivity index (χ4v) is 2.73. The number of anilines is 1. The lowest BCUT2D eigenvalue weighted by atomic mass is 10.3. The Morgan fingerprint density at radius 1 is 1.26 bits per heavy atom. The topological polar surface area (TPSA) is 123 Å². The second-order valence-corrected chi connectivity index (χ2v) is 5.93. The molecular weight excluding hydrogens is 354 g/mol. The Hall–Kier alpha value is -3.27. The summed E-state index contributed by atoms with van der Waals surface area (Å²) in [6.07, 6.45) is -0.909. The number of aliphatic hydroxyl groups excluding tert-OH is 1. The molecule has 1 atom stereocenters. The molecule has 3 rings (SSSR count). The van der Waals surface area contributed by atoms with Crippen LogP contribution in [0, 0.1) is 0 Å². The highest BCUT2D eigenvalue weighted by molar-refractivity contribution is 5.74. The zero-order valence-corrected chi connectivity index (χ0v) is 15.2. The van der Waals surface area contributed by atoms with Gasteiger partial charge < -0.3 is 24.5 Å².